The smallest absolute Gasteiger partial charge is 0.257 e. The van der Waals surface area contributed by atoms with Gasteiger partial charge in [0.25, 0.3) is 5.91 Å². The molecule has 6 nitrogen and oxygen atoms in total. The summed E-state index contributed by atoms with van der Waals surface area (Å²) in [6.07, 6.45) is 7.11. The molecule has 1 aromatic carbocycles. The zero-order valence-electron chi connectivity index (χ0n) is 17.5. The number of anilines is 1. The third-order valence-corrected chi connectivity index (χ3v) is 6.97. The molecule has 0 radical (unpaired) electrons. The number of amides is 3. The first-order valence-electron chi connectivity index (χ1n) is 11.0. The predicted molar refractivity (Wildman–Crippen MR) is 111 cm³/mol. The van der Waals surface area contributed by atoms with Gasteiger partial charge in [0, 0.05) is 32.0 Å². The highest BCUT2D eigenvalue weighted by Gasteiger charge is 2.52. The highest BCUT2D eigenvalue weighted by molar-refractivity contribution is 6.10. The average molecular weight is 398 g/mol. The molecule has 3 aliphatic rings. The van der Waals surface area contributed by atoms with Crippen LogP contribution >= 0.6 is 0 Å². The minimum absolute atomic E-state index is 0.0427. The van der Waals surface area contributed by atoms with Crippen LogP contribution in [0.5, 0.6) is 0 Å². The number of para-hydroxylation sites is 1. The molecule has 2 fully saturated rings. The van der Waals surface area contributed by atoms with Crippen LogP contribution in [-0.4, -0.2) is 52.3 Å². The summed E-state index contributed by atoms with van der Waals surface area (Å²) in [5, 5.41) is 0. The van der Waals surface area contributed by atoms with Gasteiger partial charge in [-0.3, -0.25) is 19.3 Å². The Morgan fingerprint density at radius 1 is 1.17 bits per heavy atom. The number of nitrogens with zero attached hydrogens (tertiary/aromatic N) is 3. The van der Waals surface area contributed by atoms with E-state index in [-0.39, 0.29) is 17.7 Å². The van der Waals surface area contributed by atoms with Crippen molar-refractivity contribution in [2.24, 2.45) is 0 Å². The van der Waals surface area contributed by atoms with Crippen molar-refractivity contribution in [1.29, 1.82) is 0 Å². The van der Waals surface area contributed by atoms with Crippen LogP contribution in [0.2, 0.25) is 0 Å². The molecule has 29 heavy (non-hydrogen) atoms. The van der Waals surface area contributed by atoms with Crippen molar-refractivity contribution in [2.75, 3.05) is 18.0 Å². The third-order valence-electron chi connectivity index (χ3n) is 6.97. The fraction of sp³-hybridized carbons (Fsp3) is 0.609. The Bertz CT molecular complexity index is 817. The van der Waals surface area contributed by atoms with Gasteiger partial charge in [0.2, 0.25) is 11.8 Å². The molecule has 1 saturated heterocycles. The fourth-order valence-electron chi connectivity index (χ4n) is 5.42. The predicted octanol–water partition coefficient (Wildman–Crippen LogP) is 3.56. The molecule has 2 aliphatic heterocycles. The summed E-state index contributed by atoms with van der Waals surface area (Å²) < 4.78 is 0. The van der Waals surface area contributed by atoms with Crippen molar-refractivity contribution in [2.45, 2.75) is 76.9 Å². The molecule has 0 aromatic heterocycles. The molecule has 0 spiro atoms. The lowest BCUT2D eigenvalue weighted by Gasteiger charge is -2.48. The lowest BCUT2D eigenvalue weighted by atomic mass is 9.94. The van der Waals surface area contributed by atoms with Crippen LogP contribution < -0.4 is 4.90 Å². The van der Waals surface area contributed by atoms with Gasteiger partial charge >= 0.3 is 0 Å². The van der Waals surface area contributed by atoms with Crippen molar-refractivity contribution in [3.8, 4) is 0 Å². The highest BCUT2D eigenvalue weighted by Crippen LogP contribution is 2.44. The molecule has 3 amide bonds. The first-order chi connectivity index (χ1) is 14.0. The summed E-state index contributed by atoms with van der Waals surface area (Å²) in [7, 11) is 0. The topological polar surface area (TPSA) is 60.9 Å². The van der Waals surface area contributed by atoms with Crippen molar-refractivity contribution < 1.29 is 14.4 Å². The molecular weight excluding hydrogens is 366 g/mol. The van der Waals surface area contributed by atoms with Crippen LogP contribution in [0.3, 0.4) is 0 Å². The molecule has 2 heterocycles. The lowest BCUT2D eigenvalue weighted by molar-refractivity contribution is -0.134. The van der Waals surface area contributed by atoms with Crippen LogP contribution in [0, 0.1) is 0 Å². The Morgan fingerprint density at radius 3 is 2.62 bits per heavy atom. The normalized spacial score (nSPS) is 24.5. The SMILES string of the molecule is CCN(C(=O)CCN1C(=O)c2ccccc2N2C(=O)CCC12C)C1CCCCC1. The molecule has 1 unspecified atom stereocenters. The average Bonchev–Trinajstić information content (AvgIpc) is 3.04. The first kappa shape index (κ1) is 19.9. The zero-order chi connectivity index (χ0) is 20.6. The van der Waals surface area contributed by atoms with E-state index in [9.17, 15) is 14.4 Å². The summed E-state index contributed by atoms with van der Waals surface area (Å²) >= 11 is 0. The molecule has 0 N–H and O–H groups in total. The van der Waals surface area contributed by atoms with Gasteiger partial charge in [-0.05, 0) is 45.2 Å². The van der Waals surface area contributed by atoms with Crippen LogP contribution in [0.1, 0.15) is 75.6 Å². The Labute approximate surface area is 172 Å². The molecule has 156 valence electrons. The molecule has 1 atom stereocenters. The van der Waals surface area contributed by atoms with Crippen molar-refractivity contribution >= 4 is 23.4 Å². The van der Waals surface area contributed by atoms with Gasteiger partial charge in [-0.25, -0.2) is 0 Å². The second kappa shape index (κ2) is 7.81. The number of hydrogen-bond acceptors (Lipinski definition) is 3. The van der Waals surface area contributed by atoms with Crippen LogP contribution in [0.4, 0.5) is 5.69 Å². The fourth-order valence-corrected chi connectivity index (χ4v) is 5.42. The van der Waals surface area contributed by atoms with E-state index in [1.165, 1.54) is 19.3 Å². The molecule has 1 aliphatic carbocycles. The van der Waals surface area contributed by atoms with Crippen molar-refractivity contribution in [1.82, 2.24) is 9.80 Å². The number of carbonyl (C=O) groups is 3. The highest BCUT2D eigenvalue weighted by atomic mass is 16.2. The summed E-state index contributed by atoms with van der Waals surface area (Å²) in [5.41, 5.74) is 0.555. The number of fused-ring (bicyclic) bond motifs is 3. The van der Waals surface area contributed by atoms with Gasteiger partial charge in [0.15, 0.2) is 0 Å². The molecular formula is C23H31N3O3. The lowest BCUT2D eigenvalue weighted by Crippen LogP contribution is -2.62. The van der Waals surface area contributed by atoms with E-state index in [1.807, 2.05) is 36.9 Å². The molecule has 6 heteroatoms. The molecule has 4 rings (SSSR count). The van der Waals surface area contributed by atoms with E-state index >= 15 is 0 Å². The second-order valence-electron chi connectivity index (χ2n) is 8.64. The molecule has 1 aromatic rings. The monoisotopic (exact) mass is 397 g/mol. The van der Waals surface area contributed by atoms with E-state index in [0.717, 1.165) is 12.8 Å². The quantitative estimate of drug-likeness (QED) is 0.763. The standard InChI is InChI=1S/C23H31N3O3/c1-3-24(17-9-5-4-6-10-17)20(27)14-16-25-22(29)18-11-7-8-12-19(18)26-21(28)13-15-23(25,26)2/h7-8,11-12,17H,3-6,9-10,13-16H2,1-2H3. The number of rotatable bonds is 5. The van der Waals surface area contributed by atoms with Gasteiger partial charge < -0.3 is 9.80 Å². The molecule has 1 saturated carbocycles. The Morgan fingerprint density at radius 2 is 1.90 bits per heavy atom. The summed E-state index contributed by atoms with van der Waals surface area (Å²) in [6, 6.07) is 7.64. The number of benzene rings is 1. The minimum Gasteiger partial charge on any atom is -0.340 e. The minimum atomic E-state index is -0.690. The largest absolute Gasteiger partial charge is 0.340 e. The number of carbonyl (C=O) groups excluding carboxylic acids is 3. The Balaban J connectivity index is 1.54. The van der Waals surface area contributed by atoms with E-state index in [0.29, 0.717) is 49.6 Å². The van der Waals surface area contributed by atoms with Gasteiger partial charge in [-0.15, -0.1) is 0 Å². The maximum absolute atomic E-state index is 13.3. The van der Waals surface area contributed by atoms with Crippen LogP contribution in [0.25, 0.3) is 0 Å². The summed E-state index contributed by atoms with van der Waals surface area (Å²) in [4.78, 5) is 44.5. The number of hydrogen-bond donors (Lipinski definition) is 0. The van der Waals surface area contributed by atoms with E-state index in [2.05, 4.69) is 0 Å². The Hall–Kier alpha value is -2.37. The van der Waals surface area contributed by atoms with Gasteiger partial charge in [0.05, 0.1) is 11.3 Å². The summed E-state index contributed by atoms with van der Waals surface area (Å²) in [6.45, 7) is 5.04. The summed E-state index contributed by atoms with van der Waals surface area (Å²) in [5.74, 6) is 0.0780. The van der Waals surface area contributed by atoms with E-state index in [4.69, 9.17) is 0 Å². The van der Waals surface area contributed by atoms with Gasteiger partial charge in [-0.1, -0.05) is 31.4 Å². The Kier molecular flexibility index (Phi) is 5.36. The van der Waals surface area contributed by atoms with E-state index < -0.39 is 5.66 Å². The first-order valence-corrected chi connectivity index (χ1v) is 11.0. The molecule has 0 bridgehead atoms. The second-order valence-corrected chi connectivity index (χ2v) is 8.64. The third kappa shape index (κ3) is 3.32. The zero-order valence-corrected chi connectivity index (χ0v) is 17.5. The van der Waals surface area contributed by atoms with Gasteiger partial charge in [-0.2, -0.15) is 0 Å². The van der Waals surface area contributed by atoms with E-state index in [1.54, 1.807) is 15.9 Å². The maximum atomic E-state index is 13.3. The van der Waals surface area contributed by atoms with Crippen molar-refractivity contribution in [3.63, 3.8) is 0 Å². The maximum Gasteiger partial charge on any atom is 0.257 e. The van der Waals surface area contributed by atoms with Crippen molar-refractivity contribution in [3.05, 3.63) is 29.8 Å². The van der Waals surface area contributed by atoms with Crippen LogP contribution in [-0.2, 0) is 9.59 Å². The van der Waals surface area contributed by atoms with Gasteiger partial charge in [0.1, 0.15) is 5.66 Å². The van der Waals surface area contributed by atoms with Crippen LogP contribution in [0.15, 0.2) is 24.3 Å².